The van der Waals surface area contributed by atoms with Gasteiger partial charge < -0.3 is 9.47 Å². The first kappa shape index (κ1) is 15.6. The van der Waals surface area contributed by atoms with Crippen LogP contribution < -0.4 is 0 Å². The molecule has 0 fully saturated rings. The Hall–Kier alpha value is -0.770. The number of aromatic nitrogens is 2. The zero-order valence-electron chi connectivity index (χ0n) is 12.2. The maximum absolute atomic E-state index is 6.31. The number of halogens is 2. The summed E-state index contributed by atoms with van der Waals surface area (Å²) in [6, 6.07) is 6.37. The van der Waals surface area contributed by atoms with Gasteiger partial charge in [0, 0.05) is 12.6 Å². The summed E-state index contributed by atoms with van der Waals surface area (Å²) in [7, 11) is 2.14. The van der Waals surface area contributed by atoms with Crippen molar-refractivity contribution in [2.75, 3.05) is 13.6 Å². The van der Waals surface area contributed by atoms with Crippen LogP contribution in [0.15, 0.2) is 18.2 Å². The Morgan fingerprint density at radius 1 is 1.35 bits per heavy atom. The monoisotopic (exact) mass is 313 g/mol. The Bertz CT molecular complexity index is 578. The van der Waals surface area contributed by atoms with Crippen LogP contribution in [0.1, 0.15) is 26.1 Å². The van der Waals surface area contributed by atoms with Gasteiger partial charge in [-0.15, -0.1) is 11.6 Å². The molecule has 1 heterocycles. The van der Waals surface area contributed by atoms with Gasteiger partial charge in [-0.1, -0.05) is 17.7 Å². The Morgan fingerprint density at radius 2 is 2.10 bits per heavy atom. The Morgan fingerprint density at radius 3 is 2.75 bits per heavy atom. The van der Waals surface area contributed by atoms with Crippen LogP contribution in [0.25, 0.3) is 11.0 Å². The molecule has 1 aromatic heterocycles. The average molecular weight is 314 g/mol. The van der Waals surface area contributed by atoms with Crippen molar-refractivity contribution in [2.24, 2.45) is 0 Å². The lowest BCUT2D eigenvalue weighted by atomic mass is 10.3. The quantitative estimate of drug-likeness (QED) is 0.747. The summed E-state index contributed by atoms with van der Waals surface area (Å²) in [5.41, 5.74) is 1.92. The summed E-state index contributed by atoms with van der Waals surface area (Å²) >= 11 is 12.3. The van der Waals surface area contributed by atoms with Crippen LogP contribution in [0.4, 0.5) is 0 Å². The second-order valence-corrected chi connectivity index (χ2v) is 6.02. The lowest BCUT2D eigenvalue weighted by Crippen LogP contribution is -2.28. The van der Waals surface area contributed by atoms with Crippen molar-refractivity contribution < 1.29 is 0 Å². The first-order valence-corrected chi connectivity index (χ1v) is 7.85. The lowest BCUT2D eigenvalue weighted by molar-refractivity contribution is 0.265. The molecule has 20 heavy (non-hydrogen) atoms. The van der Waals surface area contributed by atoms with E-state index in [4.69, 9.17) is 23.2 Å². The first-order chi connectivity index (χ1) is 9.54. The largest absolute Gasteiger partial charge is 0.326 e. The highest BCUT2D eigenvalue weighted by atomic mass is 35.5. The van der Waals surface area contributed by atoms with Crippen molar-refractivity contribution in [3.8, 4) is 0 Å². The predicted octanol–water partition coefficient (Wildman–Crippen LogP) is 4.16. The fourth-order valence-electron chi connectivity index (χ4n) is 2.27. The fraction of sp³-hybridized carbons (Fsp3) is 0.533. The van der Waals surface area contributed by atoms with E-state index in [0.29, 0.717) is 11.9 Å². The molecule has 0 aliphatic heterocycles. The van der Waals surface area contributed by atoms with E-state index in [1.807, 2.05) is 18.2 Å². The molecule has 0 atom stereocenters. The molecule has 2 aromatic rings. The van der Waals surface area contributed by atoms with Gasteiger partial charge in [0.25, 0.3) is 0 Å². The number of alkyl halides is 1. The molecule has 0 aliphatic rings. The molecule has 0 radical (unpaired) electrons. The topological polar surface area (TPSA) is 21.1 Å². The molecular weight excluding hydrogens is 293 g/mol. The van der Waals surface area contributed by atoms with E-state index in [1.165, 1.54) is 0 Å². The van der Waals surface area contributed by atoms with Gasteiger partial charge in [0.2, 0.25) is 0 Å². The minimum absolute atomic E-state index is 0.408. The molecule has 0 bridgehead atoms. The molecule has 0 saturated heterocycles. The van der Waals surface area contributed by atoms with Gasteiger partial charge in [-0.05, 0) is 46.0 Å². The SMILES string of the molecule is CC(C)N(C)CCCn1c(CCl)nc2cccc(Cl)c21. The minimum atomic E-state index is 0.408. The van der Waals surface area contributed by atoms with Crippen molar-refractivity contribution in [1.82, 2.24) is 14.5 Å². The van der Waals surface area contributed by atoms with Crippen molar-refractivity contribution >= 4 is 34.2 Å². The number of nitrogens with zero attached hydrogens (tertiary/aromatic N) is 3. The number of rotatable bonds is 6. The third-order valence-electron chi connectivity index (χ3n) is 3.69. The highest BCUT2D eigenvalue weighted by Crippen LogP contribution is 2.25. The summed E-state index contributed by atoms with van der Waals surface area (Å²) in [6.07, 6.45) is 1.05. The Labute approximate surface area is 130 Å². The fourth-order valence-corrected chi connectivity index (χ4v) is 2.74. The number of imidazole rings is 1. The Balaban J connectivity index is 2.20. The van der Waals surface area contributed by atoms with E-state index < -0.39 is 0 Å². The van der Waals surface area contributed by atoms with Gasteiger partial charge in [0.1, 0.15) is 5.82 Å². The van der Waals surface area contributed by atoms with E-state index in [0.717, 1.165) is 41.4 Å². The minimum Gasteiger partial charge on any atom is -0.326 e. The molecule has 0 unspecified atom stereocenters. The van der Waals surface area contributed by atoms with Gasteiger partial charge in [-0.2, -0.15) is 0 Å². The van der Waals surface area contributed by atoms with Crippen molar-refractivity contribution in [3.05, 3.63) is 29.0 Å². The van der Waals surface area contributed by atoms with Crippen LogP contribution in [0.3, 0.4) is 0 Å². The number of aryl methyl sites for hydroxylation is 1. The third-order valence-corrected chi connectivity index (χ3v) is 4.23. The van der Waals surface area contributed by atoms with Crippen LogP contribution in [0, 0.1) is 0 Å². The predicted molar refractivity (Wildman–Crippen MR) is 86.7 cm³/mol. The number of hydrogen-bond donors (Lipinski definition) is 0. The maximum Gasteiger partial charge on any atom is 0.124 e. The molecule has 0 amide bonds. The van der Waals surface area contributed by atoms with Crippen molar-refractivity contribution in [2.45, 2.75) is 38.7 Å². The summed E-state index contributed by atoms with van der Waals surface area (Å²) in [6.45, 7) is 6.34. The average Bonchev–Trinajstić information content (AvgIpc) is 2.78. The molecular formula is C15H21Cl2N3. The molecule has 1 aromatic carbocycles. The number of benzene rings is 1. The van der Waals surface area contributed by atoms with Gasteiger partial charge in [-0.3, -0.25) is 0 Å². The highest BCUT2D eigenvalue weighted by molar-refractivity contribution is 6.35. The standard InChI is InChI=1S/C15H21Cl2N3/c1-11(2)19(3)8-5-9-20-14(10-16)18-13-7-4-6-12(17)15(13)20/h4,6-7,11H,5,8-10H2,1-3H3. The molecule has 5 heteroatoms. The van der Waals surface area contributed by atoms with E-state index >= 15 is 0 Å². The number of hydrogen-bond acceptors (Lipinski definition) is 2. The Kier molecular flexibility index (Phi) is 5.30. The highest BCUT2D eigenvalue weighted by Gasteiger charge is 2.12. The normalized spacial score (nSPS) is 11.9. The van der Waals surface area contributed by atoms with Gasteiger partial charge >= 0.3 is 0 Å². The third kappa shape index (κ3) is 3.27. The second kappa shape index (κ2) is 6.79. The smallest absolute Gasteiger partial charge is 0.124 e. The number of para-hydroxylation sites is 1. The van der Waals surface area contributed by atoms with E-state index in [1.54, 1.807) is 0 Å². The van der Waals surface area contributed by atoms with Crippen molar-refractivity contribution in [1.29, 1.82) is 0 Å². The lowest BCUT2D eigenvalue weighted by Gasteiger charge is -2.21. The van der Waals surface area contributed by atoms with Crippen molar-refractivity contribution in [3.63, 3.8) is 0 Å². The molecule has 0 spiro atoms. The van der Waals surface area contributed by atoms with Crippen LogP contribution in [-0.2, 0) is 12.4 Å². The van der Waals surface area contributed by atoms with E-state index in [2.05, 4.69) is 35.3 Å². The zero-order valence-corrected chi connectivity index (χ0v) is 13.7. The molecule has 3 nitrogen and oxygen atoms in total. The first-order valence-electron chi connectivity index (χ1n) is 6.94. The van der Waals surface area contributed by atoms with Crippen LogP contribution in [0.2, 0.25) is 5.02 Å². The summed E-state index contributed by atoms with van der Waals surface area (Å²) in [5.74, 6) is 1.30. The molecule has 0 N–H and O–H groups in total. The van der Waals surface area contributed by atoms with Gasteiger partial charge in [0.15, 0.2) is 0 Å². The molecule has 2 rings (SSSR count). The summed E-state index contributed by atoms with van der Waals surface area (Å²) in [5, 5.41) is 0.739. The van der Waals surface area contributed by atoms with Crippen LogP contribution in [0.5, 0.6) is 0 Å². The second-order valence-electron chi connectivity index (χ2n) is 5.35. The van der Waals surface area contributed by atoms with E-state index in [-0.39, 0.29) is 0 Å². The van der Waals surface area contributed by atoms with Gasteiger partial charge in [0.05, 0.1) is 21.9 Å². The summed E-state index contributed by atoms with van der Waals surface area (Å²) < 4.78 is 2.15. The zero-order chi connectivity index (χ0) is 14.7. The van der Waals surface area contributed by atoms with Crippen LogP contribution in [-0.4, -0.2) is 34.1 Å². The molecule has 0 saturated carbocycles. The van der Waals surface area contributed by atoms with E-state index in [9.17, 15) is 0 Å². The maximum atomic E-state index is 6.31. The summed E-state index contributed by atoms with van der Waals surface area (Å²) in [4.78, 5) is 6.89. The molecule has 110 valence electrons. The number of fused-ring (bicyclic) bond motifs is 1. The van der Waals surface area contributed by atoms with Gasteiger partial charge in [-0.25, -0.2) is 4.98 Å². The molecule has 0 aliphatic carbocycles. The van der Waals surface area contributed by atoms with Crippen LogP contribution >= 0.6 is 23.2 Å².